The fourth-order valence-corrected chi connectivity index (χ4v) is 3.20. The van der Waals surface area contributed by atoms with Crippen molar-refractivity contribution in [1.29, 1.82) is 10.5 Å². The predicted octanol–water partition coefficient (Wildman–Crippen LogP) is 3.59. The summed E-state index contributed by atoms with van der Waals surface area (Å²) < 4.78 is 10.9. The molecule has 0 unspecified atom stereocenters. The molecule has 0 radical (unpaired) electrons. The number of carbonyl (C=O) groups is 1. The van der Waals surface area contributed by atoms with Gasteiger partial charge in [-0.1, -0.05) is 25.8 Å². The van der Waals surface area contributed by atoms with Gasteiger partial charge in [0.1, 0.15) is 17.7 Å². The van der Waals surface area contributed by atoms with Crippen molar-refractivity contribution in [3.63, 3.8) is 0 Å². The molecule has 1 aliphatic carbocycles. The van der Waals surface area contributed by atoms with Crippen LogP contribution in [0.5, 0.6) is 11.5 Å². The van der Waals surface area contributed by atoms with E-state index in [1.54, 1.807) is 24.3 Å². The van der Waals surface area contributed by atoms with Crippen LogP contribution < -0.4 is 14.8 Å². The predicted molar refractivity (Wildman–Crippen MR) is 102 cm³/mol. The van der Waals surface area contributed by atoms with Gasteiger partial charge in [0.25, 0.3) is 5.91 Å². The second-order valence-electron chi connectivity index (χ2n) is 6.60. The second kappa shape index (κ2) is 10.2. The molecule has 1 aromatic carbocycles. The molecule has 0 spiro atoms. The van der Waals surface area contributed by atoms with Gasteiger partial charge in [-0.05, 0) is 49.5 Å². The lowest BCUT2D eigenvalue weighted by molar-refractivity contribution is -0.118. The Kier molecular flexibility index (Phi) is 7.70. The van der Waals surface area contributed by atoms with Crippen molar-refractivity contribution >= 4 is 12.0 Å². The van der Waals surface area contributed by atoms with Gasteiger partial charge in [-0.3, -0.25) is 4.79 Å². The lowest BCUT2D eigenvalue weighted by Crippen LogP contribution is -2.41. The molecule has 1 aromatic rings. The molecule has 2 rings (SSSR count). The number of rotatable bonds is 7. The summed E-state index contributed by atoms with van der Waals surface area (Å²) in [5, 5.41) is 21.1. The van der Waals surface area contributed by atoms with E-state index in [4.69, 9.17) is 14.7 Å². The number of amides is 1. The van der Waals surface area contributed by atoms with E-state index >= 15 is 0 Å². The molecule has 1 saturated carbocycles. The SMILES string of the molecule is CCOc1cc(/C=C(\C#N)C(=O)N[C@@H]2CCCC[C@@H]2C)ccc1OCC#N. The highest BCUT2D eigenvalue weighted by atomic mass is 16.5. The number of hydrogen-bond donors (Lipinski definition) is 1. The second-order valence-corrected chi connectivity index (χ2v) is 6.60. The number of nitrogens with zero attached hydrogens (tertiary/aromatic N) is 2. The minimum Gasteiger partial charge on any atom is -0.490 e. The molecule has 6 nitrogen and oxygen atoms in total. The monoisotopic (exact) mass is 367 g/mol. The standard InChI is InChI=1S/C21H25N3O3/c1-3-26-20-13-16(8-9-19(20)27-11-10-22)12-17(14-23)21(25)24-18-7-5-4-6-15(18)2/h8-9,12-13,15,18H,3-7,11H2,1-2H3,(H,24,25)/b17-12+/t15-,18+/m0/s1. The van der Waals surface area contributed by atoms with Crippen molar-refractivity contribution in [3.05, 3.63) is 29.3 Å². The van der Waals surface area contributed by atoms with Crippen LogP contribution in [0.1, 0.15) is 45.1 Å². The molecule has 6 heteroatoms. The molecule has 1 fully saturated rings. The largest absolute Gasteiger partial charge is 0.490 e. The Hall–Kier alpha value is -2.99. The Morgan fingerprint density at radius 1 is 1.26 bits per heavy atom. The Labute approximate surface area is 160 Å². The zero-order chi connectivity index (χ0) is 19.6. The first kappa shape index (κ1) is 20.3. The van der Waals surface area contributed by atoms with Crippen LogP contribution in [0.3, 0.4) is 0 Å². The van der Waals surface area contributed by atoms with Crippen LogP contribution in [0.15, 0.2) is 23.8 Å². The van der Waals surface area contributed by atoms with Gasteiger partial charge in [-0.15, -0.1) is 0 Å². The van der Waals surface area contributed by atoms with Crippen molar-refractivity contribution in [2.24, 2.45) is 5.92 Å². The lowest BCUT2D eigenvalue weighted by atomic mass is 9.86. The van der Waals surface area contributed by atoms with E-state index in [0.29, 0.717) is 29.6 Å². The van der Waals surface area contributed by atoms with E-state index < -0.39 is 0 Å². The summed E-state index contributed by atoms with van der Waals surface area (Å²) in [6.07, 6.45) is 5.88. The summed E-state index contributed by atoms with van der Waals surface area (Å²) in [4.78, 5) is 12.5. The maximum absolute atomic E-state index is 12.5. The quantitative estimate of drug-likeness (QED) is 0.587. The van der Waals surface area contributed by atoms with Gasteiger partial charge in [-0.2, -0.15) is 10.5 Å². The van der Waals surface area contributed by atoms with E-state index in [2.05, 4.69) is 12.2 Å². The van der Waals surface area contributed by atoms with Crippen LogP contribution in [0.25, 0.3) is 6.08 Å². The average molecular weight is 367 g/mol. The number of hydrogen-bond acceptors (Lipinski definition) is 5. The van der Waals surface area contributed by atoms with Crippen LogP contribution in [-0.2, 0) is 4.79 Å². The molecule has 0 aliphatic heterocycles. The van der Waals surface area contributed by atoms with E-state index in [1.165, 1.54) is 6.42 Å². The summed E-state index contributed by atoms with van der Waals surface area (Å²) in [6.45, 7) is 4.33. The van der Waals surface area contributed by atoms with E-state index in [1.807, 2.05) is 19.1 Å². The first-order chi connectivity index (χ1) is 13.1. The van der Waals surface area contributed by atoms with E-state index in [0.717, 1.165) is 19.3 Å². The van der Waals surface area contributed by atoms with Crippen LogP contribution in [-0.4, -0.2) is 25.2 Å². The normalized spacial score (nSPS) is 19.5. The summed E-state index contributed by atoms with van der Waals surface area (Å²) in [7, 11) is 0. The van der Waals surface area contributed by atoms with Crippen molar-refractivity contribution in [3.8, 4) is 23.6 Å². The van der Waals surface area contributed by atoms with Crippen molar-refractivity contribution in [1.82, 2.24) is 5.32 Å². The van der Waals surface area contributed by atoms with Crippen LogP contribution in [0.2, 0.25) is 0 Å². The Morgan fingerprint density at radius 2 is 2.04 bits per heavy atom. The fourth-order valence-electron chi connectivity index (χ4n) is 3.20. The summed E-state index contributed by atoms with van der Waals surface area (Å²) in [5.74, 6) is 0.998. The average Bonchev–Trinajstić information content (AvgIpc) is 2.67. The van der Waals surface area contributed by atoms with Gasteiger partial charge in [0, 0.05) is 6.04 Å². The maximum atomic E-state index is 12.5. The third-order valence-electron chi connectivity index (χ3n) is 4.66. The number of nitrogens with one attached hydrogen (secondary N) is 1. The van der Waals surface area contributed by atoms with Crippen molar-refractivity contribution in [2.75, 3.05) is 13.2 Å². The number of nitriles is 2. The Balaban J connectivity index is 2.18. The number of benzene rings is 1. The van der Waals surface area contributed by atoms with Gasteiger partial charge in [-0.25, -0.2) is 0 Å². The molecule has 1 N–H and O–H groups in total. The minimum atomic E-state index is -0.348. The van der Waals surface area contributed by atoms with Gasteiger partial charge in [0.05, 0.1) is 6.61 Å². The minimum absolute atomic E-state index is 0.0564. The van der Waals surface area contributed by atoms with E-state index in [-0.39, 0.29) is 24.1 Å². The molecule has 27 heavy (non-hydrogen) atoms. The summed E-state index contributed by atoms with van der Waals surface area (Å²) in [5.41, 5.74) is 0.715. The third kappa shape index (κ3) is 5.76. The molecule has 0 aromatic heterocycles. The van der Waals surface area contributed by atoms with Gasteiger partial charge in [0.2, 0.25) is 0 Å². The molecule has 1 amide bonds. The first-order valence-electron chi connectivity index (χ1n) is 9.28. The lowest BCUT2D eigenvalue weighted by Gasteiger charge is -2.29. The van der Waals surface area contributed by atoms with Gasteiger partial charge >= 0.3 is 0 Å². The highest BCUT2D eigenvalue weighted by molar-refractivity contribution is 6.01. The smallest absolute Gasteiger partial charge is 0.262 e. The molecule has 0 saturated heterocycles. The zero-order valence-electron chi connectivity index (χ0n) is 15.8. The molecular weight excluding hydrogens is 342 g/mol. The fraction of sp³-hybridized carbons (Fsp3) is 0.476. The van der Waals surface area contributed by atoms with Crippen LogP contribution in [0, 0.1) is 28.6 Å². The Morgan fingerprint density at radius 3 is 2.70 bits per heavy atom. The first-order valence-corrected chi connectivity index (χ1v) is 9.28. The highest BCUT2D eigenvalue weighted by Crippen LogP contribution is 2.29. The van der Waals surface area contributed by atoms with Gasteiger partial charge in [0.15, 0.2) is 18.1 Å². The summed E-state index contributed by atoms with van der Waals surface area (Å²) >= 11 is 0. The van der Waals surface area contributed by atoms with Crippen LogP contribution in [0.4, 0.5) is 0 Å². The zero-order valence-corrected chi connectivity index (χ0v) is 15.8. The molecule has 0 heterocycles. The van der Waals surface area contributed by atoms with Gasteiger partial charge < -0.3 is 14.8 Å². The topological polar surface area (TPSA) is 95.1 Å². The summed E-state index contributed by atoms with van der Waals surface area (Å²) in [6, 6.07) is 9.11. The van der Waals surface area contributed by atoms with Crippen molar-refractivity contribution < 1.29 is 14.3 Å². The molecule has 2 atom stereocenters. The van der Waals surface area contributed by atoms with E-state index in [9.17, 15) is 10.1 Å². The molecule has 1 aliphatic rings. The van der Waals surface area contributed by atoms with Crippen molar-refractivity contribution in [2.45, 2.75) is 45.6 Å². The molecular formula is C21H25N3O3. The maximum Gasteiger partial charge on any atom is 0.262 e. The van der Waals surface area contributed by atoms with Crippen LogP contribution >= 0.6 is 0 Å². The molecule has 142 valence electrons. The number of carbonyl (C=O) groups excluding carboxylic acids is 1. The third-order valence-corrected chi connectivity index (χ3v) is 4.66. The highest BCUT2D eigenvalue weighted by Gasteiger charge is 2.24. The molecule has 0 bridgehead atoms. The number of ether oxygens (including phenoxy) is 2. The Bertz CT molecular complexity index is 774.